The SMILES string of the molecule is Cc1nc(C)c(CC(=O)N(C)[C@H](C)c2ccc(-n3cncn3)cc2)c(=O)[nH]1. The molecule has 3 rings (SSSR count). The van der Waals surface area contributed by atoms with Gasteiger partial charge >= 0.3 is 0 Å². The van der Waals surface area contributed by atoms with Gasteiger partial charge in [0, 0.05) is 18.3 Å². The van der Waals surface area contributed by atoms with Crippen LogP contribution in [0.4, 0.5) is 0 Å². The van der Waals surface area contributed by atoms with Crippen LogP contribution in [0.3, 0.4) is 0 Å². The molecule has 2 aromatic heterocycles. The van der Waals surface area contributed by atoms with E-state index in [0.29, 0.717) is 17.1 Å². The minimum atomic E-state index is -0.258. The average molecular weight is 366 g/mol. The third-order valence-corrected chi connectivity index (χ3v) is 4.70. The molecule has 0 bridgehead atoms. The van der Waals surface area contributed by atoms with Crippen molar-refractivity contribution in [2.45, 2.75) is 33.2 Å². The number of H-pyrrole nitrogens is 1. The number of likely N-dealkylation sites (N-methyl/N-ethyl adjacent to an activating group) is 1. The minimum Gasteiger partial charge on any atom is -0.339 e. The van der Waals surface area contributed by atoms with Gasteiger partial charge in [-0.05, 0) is 38.5 Å². The molecule has 0 aliphatic heterocycles. The average Bonchev–Trinajstić information content (AvgIpc) is 3.18. The molecule has 0 fully saturated rings. The predicted octanol–water partition coefficient (Wildman–Crippen LogP) is 1.73. The quantitative estimate of drug-likeness (QED) is 0.742. The molecule has 140 valence electrons. The largest absolute Gasteiger partial charge is 0.339 e. The molecule has 0 aliphatic carbocycles. The Bertz CT molecular complexity index is 992. The van der Waals surface area contributed by atoms with Gasteiger partial charge in [-0.25, -0.2) is 14.6 Å². The lowest BCUT2D eigenvalue weighted by atomic mass is 10.1. The van der Waals surface area contributed by atoms with Gasteiger partial charge in [-0.1, -0.05) is 12.1 Å². The third-order valence-electron chi connectivity index (χ3n) is 4.70. The van der Waals surface area contributed by atoms with E-state index in [1.807, 2.05) is 31.2 Å². The molecule has 1 amide bonds. The summed E-state index contributed by atoms with van der Waals surface area (Å²) in [5, 5.41) is 4.10. The van der Waals surface area contributed by atoms with Crippen molar-refractivity contribution in [2.75, 3.05) is 7.05 Å². The highest BCUT2D eigenvalue weighted by atomic mass is 16.2. The monoisotopic (exact) mass is 366 g/mol. The maximum absolute atomic E-state index is 12.7. The number of nitrogens with zero attached hydrogens (tertiary/aromatic N) is 5. The van der Waals surface area contributed by atoms with Crippen molar-refractivity contribution in [3.8, 4) is 5.69 Å². The number of benzene rings is 1. The molecule has 27 heavy (non-hydrogen) atoms. The van der Waals surface area contributed by atoms with Gasteiger partial charge in [-0.15, -0.1) is 0 Å². The van der Waals surface area contributed by atoms with Gasteiger partial charge in [0.05, 0.1) is 18.2 Å². The Balaban J connectivity index is 1.74. The molecule has 0 spiro atoms. The summed E-state index contributed by atoms with van der Waals surface area (Å²) >= 11 is 0. The highest BCUT2D eigenvalue weighted by molar-refractivity contribution is 5.79. The Labute approximate surface area is 156 Å². The Kier molecular flexibility index (Phi) is 5.16. The fourth-order valence-corrected chi connectivity index (χ4v) is 2.92. The van der Waals surface area contributed by atoms with Gasteiger partial charge in [-0.2, -0.15) is 5.10 Å². The highest BCUT2D eigenvalue weighted by Crippen LogP contribution is 2.21. The fourth-order valence-electron chi connectivity index (χ4n) is 2.92. The van der Waals surface area contributed by atoms with E-state index in [-0.39, 0.29) is 23.9 Å². The number of hydrogen-bond donors (Lipinski definition) is 1. The standard InChI is InChI=1S/C19H22N6O2/c1-12-17(19(27)23-14(3)22-12)9-18(26)24(4)13(2)15-5-7-16(8-6-15)25-11-20-10-21-25/h5-8,10-11,13H,9H2,1-4H3,(H,22,23,27)/t13-/m1/s1. The lowest BCUT2D eigenvalue weighted by Crippen LogP contribution is -2.33. The van der Waals surface area contributed by atoms with Crippen LogP contribution in [0.15, 0.2) is 41.7 Å². The van der Waals surface area contributed by atoms with Crippen LogP contribution < -0.4 is 5.56 Å². The fraction of sp³-hybridized carbons (Fsp3) is 0.316. The Morgan fingerprint density at radius 3 is 2.56 bits per heavy atom. The molecule has 0 saturated carbocycles. The zero-order chi connectivity index (χ0) is 19.6. The van der Waals surface area contributed by atoms with Gasteiger partial charge < -0.3 is 9.88 Å². The van der Waals surface area contributed by atoms with Crippen molar-refractivity contribution >= 4 is 5.91 Å². The van der Waals surface area contributed by atoms with Gasteiger partial charge in [-0.3, -0.25) is 9.59 Å². The zero-order valence-corrected chi connectivity index (χ0v) is 15.8. The zero-order valence-electron chi connectivity index (χ0n) is 15.8. The molecule has 8 heteroatoms. The normalized spacial score (nSPS) is 12.0. The predicted molar refractivity (Wildman–Crippen MR) is 101 cm³/mol. The van der Waals surface area contributed by atoms with Crippen molar-refractivity contribution in [1.82, 2.24) is 29.6 Å². The maximum atomic E-state index is 12.7. The summed E-state index contributed by atoms with van der Waals surface area (Å²) < 4.78 is 1.67. The molecule has 8 nitrogen and oxygen atoms in total. The van der Waals surface area contributed by atoms with Crippen molar-refractivity contribution in [3.63, 3.8) is 0 Å². The third kappa shape index (κ3) is 3.94. The summed E-state index contributed by atoms with van der Waals surface area (Å²) in [6.45, 7) is 5.42. The van der Waals surface area contributed by atoms with Gasteiger partial charge in [0.15, 0.2) is 0 Å². The lowest BCUT2D eigenvalue weighted by molar-refractivity contribution is -0.131. The molecule has 0 radical (unpaired) electrons. The van der Waals surface area contributed by atoms with Crippen LogP contribution in [-0.4, -0.2) is 42.6 Å². The number of carbonyl (C=O) groups excluding carboxylic acids is 1. The number of carbonyl (C=O) groups is 1. The summed E-state index contributed by atoms with van der Waals surface area (Å²) in [4.78, 5) is 37.3. The number of aromatic nitrogens is 5. The molecule has 1 N–H and O–H groups in total. The van der Waals surface area contributed by atoms with E-state index in [9.17, 15) is 9.59 Å². The summed E-state index contributed by atoms with van der Waals surface area (Å²) in [6, 6.07) is 7.63. The van der Waals surface area contributed by atoms with E-state index in [1.54, 1.807) is 36.8 Å². The summed E-state index contributed by atoms with van der Waals surface area (Å²) in [5.74, 6) is 0.407. The number of rotatable bonds is 5. The summed E-state index contributed by atoms with van der Waals surface area (Å²) in [6.07, 6.45) is 3.13. The molecule has 1 atom stereocenters. The van der Waals surface area contributed by atoms with E-state index in [0.717, 1.165) is 11.3 Å². The minimum absolute atomic E-state index is 0.0202. The second-order valence-corrected chi connectivity index (χ2v) is 6.50. The number of aryl methyl sites for hydroxylation is 2. The summed E-state index contributed by atoms with van der Waals surface area (Å²) in [7, 11) is 1.74. The van der Waals surface area contributed by atoms with E-state index in [2.05, 4.69) is 20.1 Å². The topological polar surface area (TPSA) is 96.8 Å². The Hall–Kier alpha value is -3.29. The first-order valence-corrected chi connectivity index (χ1v) is 8.64. The van der Waals surface area contributed by atoms with E-state index < -0.39 is 0 Å². The first kappa shape index (κ1) is 18.5. The van der Waals surface area contributed by atoms with Crippen LogP contribution in [0.25, 0.3) is 5.69 Å². The summed E-state index contributed by atoms with van der Waals surface area (Å²) in [5.41, 5.74) is 2.62. The Morgan fingerprint density at radius 2 is 1.96 bits per heavy atom. The molecule has 1 aromatic carbocycles. The maximum Gasteiger partial charge on any atom is 0.254 e. The molecule has 0 unspecified atom stereocenters. The number of aromatic amines is 1. The van der Waals surface area contributed by atoms with E-state index >= 15 is 0 Å². The van der Waals surface area contributed by atoms with Crippen LogP contribution in [0.5, 0.6) is 0 Å². The molecule has 3 aromatic rings. The van der Waals surface area contributed by atoms with Crippen molar-refractivity contribution in [2.24, 2.45) is 0 Å². The van der Waals surface area contributed by atoms with Crippen LogP contribution in [0.2, 0.25) is 0 Å². The van der Waals surface area contributed by atoms with Crippen LogP contribution in [0.1, 0.15) is 35.6 Å². The van der Waals surface area contributed by atoms with Crippen molar-refractivity contribution in [1.29, 1.82) is 0 Å². The Morgan fingerprint density at radius 1 is 1.26 bits per heavy atom. The van der Waals surface area contributed by atoms with Crippen LogP contribution in [0, 0.1) is 13.8 Å². The first-order valence-electron chi connectivity index (χ1n) is 8.64. The van der Waals surface area contributed by atoms with E-state index in [1.165, 1.54) is 6.33 Å². The van der Waals surface area contributed by atoms with Gasteiger partial charge in [0.1, 0.15) is 18.5 Å². The molecule has 2 heterocycles. The van der Waals surface area contributed by atoms with Crippen molar-refractivity contribution < 1.29 is 4.79 Å². The second-order valence-electron chi connectivity index (χ2n) is 6.50. The molecule has 0 saturated heterocycles. The first-order chi connectivity index (χ1) is 12.9. The number of amides is 1. The lowest BCUT2D eigenvalue weighted by Gasteiger charge is -2.25. The van der Waals surface area contributed by atoms with Gasteiger partial charge in [0.25, 0.3) is 5.56 Å². The highest BCUT2D eigenvalue weighted by Gasteiger charge is 2.20. The van der Waals surface area contributed by atoms with Gasteiger partial charge in [0.2, 0.25) is 5.91 Å². The second kappa shape index (κ2) is 7.53. The van der Waals surface area contributed by atoms with Crippen LogP contribution >= 0.6 is 0 Å². The van der Waals surface area contributed by atoms with E-state index in [4.69, 9.17) is 0 Å². The molecule has 0 aliphatic rings. The number of nitrogens with one attached hydrogen (secondary N) is 1. The van der Waals surface area contributed by atoms with Crippen molar-refractivity contribution in [3.05, 3.63) is 69.9 Å². The number of hydrogen-bond acceptors (Lipinski definition) is 5. The molecular weight excluding hydrogens is 344 g/mol. The van der Waals surface area contributed by atoms with Crippen LogP contribution in [-0.2, 0) is 11.2 Å². The smallest absolute Gasteiger partial charge is 0.254 e. The molecular formula is C19H22N6O2.